The molecule has 0 bridgehead atoms. The Kier molecular flexibility index (Phi) is 5.90. The second kappa shape index (κ2) is 7.43. The van der Waals surface area contributed by atoms with Crippen LogP contribution in [0.25, 0.3) is 0 Å². The third kappa shape index (κ3) is 5.43. The highest BCUT2D eigenvalue weighted by Gasteiger charge is 2.30. The minimum atomic E-state index is -4.50. The third-order valence-electron chi connectivity index (χ3n) is 2.25. The highest BCUT2D eigenvalue weighted by atomic mass is 19.4. The largest absolute Gasteiger partial charge is 0.460 e. The van der Waals surface area contributed by atoms with Crippen LogP contribution in [0.4, 0.5) is 18.9 Å². The zero-order valence-corrected chi connectivity index (χ0v) is 11.8. The molecule has 0 atom stereocenters. The first-order valence-electron chi connectivity index (χ1n) is 6.19. The quantitative estimate of drug-likeness (QED) is 0.387. The van der Waals surface area contributed by atoms with Gasteiger partial charge in [0.15, 0.2) is 0 Å². The number of ether oxygens (including phenoxy) is 1. The highest BCUT2D eigenvalue weighted by Crippen LogP contribution is 2.30. The maximum atomic E-state index is 12.6. The Bertz CT molecular complexity index is 585. The van der Waals surface area contributed by atoms with Crippen LogP contribution in [0, 0.1) is 0 Å². The molecule has 6 nitrogen and oxygen atoms in total. The summed E-state index contributed by atoms with van der Waals surface area (Å²) in [6.07, 6.45) is -4.50. The summed E-state index contributed by atoms with van der Waals surface area (Å²) in [6, 6.07) is 4.23. The molecule has 1 rings (SSSR count). The highest BCUT2D eigenvalue weighted by molar-refractivity contribution is 6.38. The molecule has 0 unspecified atom stereocenters. The van der Waals surface area contributed by atoms with Gasteiger partial charge in [-0.3, -0.25) is 10.2 Å². The van der Waals surface area contributed by atoms with E-state index < -0.39 is 29.5 Å². The minimum absolute atomic E-state index is 0.00183. The zero-order valence-electron chi connectivity index (χ0n) is 11.8. The molecule has 0 saturated heterocycles. The summed E-state index contributed by atoms with van der Waals surface area (Å²) in [5.74, 6) is -1.93. The van der Waals surface area contributed by atoms with Gasteiger partial charge in [0.25, 0.3) is 0 Å². The first-order chi connectivity index (χ1) is 10.2. The maximum Gasteiger partial charge on any atom is 0.416 e. The van der Waals surface area contributed by atoms with Crippen molar-refractivity contribution in [1.29, 1.82) is 0 Å². The van der Waals surface area contributed by atoms with Crippen molar-refractivity contribution in [2.45, 2.75) is 20.0 Å². The van der Waals surface area contributed by atoms with Crippen LogP contribution in [-0.2, 0) is 20.5 Å². The molecule has 0 fully saturated rings. The molecule has 9 heteroatoms. The predicted octanol–water partition coefficient (Wildman–Crippen LogP) is 2.13. The molecular formula is C13H14F3N3O3. The van der Waals surface area contributed by atoms with Crippen molar-refractivity contribution in [2.24, 2.45) is 5.10 Å². The van der Waals surface area contributed by atoms with E-state index in [-0.39, 0.29) is 12.3 Å². The van der Waals surface area contributed by atoms with Crippen molar-refractivity contribution in [1.82, 2.24) is 5.32 Å². The van der Waals surface area contributed by atoms with Crippen molar-refractivity contribution in [3.05, 3.63) is 29.8 Å². The maximum absolute atomic E-state index is 12.6. The molecule has 0 radical (unpaired) electrons. The van der Waals surface area contributed by atoms with Gasteiger partial charge >= 0.3 is 12.1 Å². The lowest BCUT2D eigenvalue weighted by molar-refractivity contribution is -0.137. The van der Waals surface area contributed by atoms with Gasteiger partial charge in [-0.15, -0.1) is 5.10 Å². The third-order valence-corrected chi connectivity index (χ3v) is 2.25. The Morgan fingerprint density at radius 2 is 2.00 bits per heavy atom. The number of hydrogen-bond acceptors (Lipinski definition) is 5. The molecule has 1 aromatic rings. The number of nitrogens with zero attached hydrogens (tertiary/aromatic N) is 1. The number of alkyl halides is 3. The molecule has 120 valence electrons. The van der Waals surface area contributed by atoms with Crippen LogP contribution in [-0.4, -0.2) is 24.3 Å². The number of amidine groups is 1. The molecule has 22 heavy (non-hydrogen) atoms. The van der Waals surface area contributed by atoms with E-state index in [2.05, 4.69) is 20.6 Å². The first-order valence-corrected chi connectivity index (χ1v) is 6.19. The fourth-order valence-electron chi connectivity index (χ4n) is 1.38. The van der Waals surface area contributed by atoms with E-state index in [0.29, 0.717) is 0 Å². The Hall–Kier alpha value is -2.58. The molecule has 0 aromatic heterocycles. The summed E-state index contributed by atoms with van der Waals surface area (Å²) < 4.78 is 42.4. The summed E-state index contributed by atoms with van der Waals surface area (Å²) in [7, 11) is 0. The molecule has 0 spiro atoms. The van der Waals surface area contributed by atoms with Gasteiger partial charge < -0.3 is 10.1 Å². The van der Waals surface area contributed by atoms with Crippen molar-refractivity contribution in [2.75, 3.05) is 12.0 Å². The van der Waals surface area contributed by atoms with Crippen molar-refractivity contribution >= 4 is 23.4 Å². The number of esters is 1. The van der Waals surface area contributed by atoms with Gasteiger partial charge in [-0.2, -0.15) is 13.2 Å². The lowest BCUT2D eigenvalue weighted by Gasteiger charge is -2.09. The van der Waals surface area contributed by atoms with E-state index in [9.17, 15) is 22.8 Å². The average Bonchev–Trinajstić information content (AvgIpc) is 2.42. The Balaban J connectivity index is 2.94. The van der Waals surface area contributed by atoms with E-state index in [4.69, 9.17) is 0 Å². The number of benzene rings is 1. The van der Waals surface area contributed by atoms with E-state index in [1.54, 1.807) is 6.92 Å². The van der Waals surface area contributed by atoms with Gasteiger partial charge in [0.2, 0.25) is 11.7 Å². The van der Waals surface area contributed by atoms with Crippen LogP contribution in [0.5, 0.6) is 0 Å². The summed E-state index contributed by atoms with van der Waals surface area (Å²) in [5, 5.41) is 5.70. The number of amides is 1. The smallest absolute Gasteiger partial charge is 0.416 e. The van der Waals surface area contributed by atoms with Gasteiger partial charge in [-0.05, 0) is 25.1 Å². The first kappa shape index (κ1) is 17.5. The van der Waals surface area contributed by atoms with Crippen molar-refractivity contribution in [3.63, 3.8) is 0 Å². The lowest BCUT2D eigenvalue weighted by Crippen LogP contribution is -2.36. The molecule has 0 aliphatic rings. The number of hydrogen-bond donors (Lipinski definition) is 2. The Labute approximate surface area is 124 Å². The van der Waals surface area contributed by atoms with Crippen LogP contribution in [0.1, 0.15) is 19.4 Å². The lowest BCUT2D eigenvalue weighted by atomic mass is 10.2. The molecule has 0 saturated carbocycles. The normalized spacial score (nSPS) is 11.8. The Morgan fingerprint density at radius 3 is 2.55 bits per heavy atom. The van der Waals surface area contributed by atoms with Gasteiger partial charge in [0.05, 0.1) is 17.9 Å². The molecule has 0 aliphatic carbocycles. The molecular weight excluding hydrogens is 303 g/mol. The van der Waals surface area contributed by atoms with Gasteiger partial charge in [-0.25, -0.2) is 4.79 Å². The summed E-state index contributed by atoms with van der Waals surface area (Å²) >= 11 is 0. The van der Waals surface area contributed by atoms with Crippen LogP contribution >= 0.6 is 0 Å². The molecule has 2 N–H and O–H groups in total. The van der Waals surface area contributed by atoms with Crippen LogP contribution in [0.15, 0.2) is 29.4 Å². The van der Waals surface area contributed by atoms with E-state index in [1.807, 2.05) is 0 Å². The van der Waals surface area contributed by atoms with Crippen LogP contribution in [0.2, 0.25) is 0 Å². The number of carbonyl (C=O) groups is 2. The fraction of sp³-hybridized carbons (Fsp3) is 0.308. The topological polar surface area (TPSA) is 79.8 Å². The van der Waals surface area contributed by atoms with Gasteiger partial charge in [-0.1, -0.05) is 6.07 Å². The summed E-state index contributed by atoms with van der Waals surface area (Å²) in [4.78, 5) is 22.5. The number of carbonyl (C=O) groups excluding carboxylic acids is 2. The number of halogens is 3. The van der Waals surface area contributed by atoms with Gasteiger partial charge in [0.1, 0.15) is 0 Å². The standard InChI is InChI=1S/C13H14F3N3O3/c1-3-22-12(21)11(17-8(2)20)19-18-10-6-4-5-9(7-10)13(14,15)16/h4-7,18H,3H2,1-2H3,(H,17,19,20). The number of anilines is 1. The van der Waals surface area contributed by atoms with E-state index >= 15 is 0 Å². The number of nitrogens with one attached hydrogen (secondary N) is 2. The average molecular weight is 317 g/mol. The summed E-state index contributed by atoms with van der Waals surface area (Å²) in [6.45, 7) is 2.77. The molecule has 1 amide bonds. The molecule has 1 aromatic carbocycles. The van der Waals surface area contributed by atoms with E-state index in [0.717, 1.165) is 19.1 Å². The Morgan fingerprint density at radius 1 is 1.32 bits per heavy atom. The fourth-order valence-corrected chi connectivity index (χ4v) is 1.38. The minimum Gasteiger partial charge on any atom is -0.460 e. The number of rotatable bonds is 3. The summed E-state index contributed by atoms with van der Waals surface area (Å²) in [5.41, 5.74) is 1.41. The van der Waals surface area contributed by atoms with Crippen molar-refractivity contribution < 1.29 is 27.5 Å². The van der Waals surface area contributed by atoms with Crippen LogP contribution < -0.4 is 10.7 Å². The number of hydrazone groups is 1. The molecule has 0 heterocycles. The zero-order chi connectivity index (χ0) is 16.8. The second-order valence-corrected chi connectivity index (χ2v) is 4.05. The van der Waals surface area contributed by atoms with Gasteiger partial charge in [0, 0.05) is 6.92 Å². The monoisotopic (exact) mass is 317 g/mol. The van der Waals surface area contributed by atoms with E-state index in [1.165, 1.54) is 12.1 Å². The van der Waals surface area contributed by atoms with Crippen LogP contribution in [0.3, 0.4) is 0 Å². The SMILES string of the molecule is CCOC(=O)/C(=N\Nc1cccc(C(F)(F)F)c1)NC(C)=O. The second-order valence-electron chi connectivity index (χ2n) is 4.05. The molecule has 0 aliphatic heterocycles. The van der Waals surface area contributed by atoms with Crippen molar-refractivity contribution in [3.8, 4) is 0 Å². The predicted molar refractivity (Wildman–Crippen MR) is 73.0 cm³/mol.